The molecule has 44 heavy (non-hydrogen) atoms. The van der Waals surface area contributed by atoms with E-state index in [4.69, 9.17) is 31.8 Å². The normalized spacial score (nSPS) is 21.0. The predicted molar refractivity (Wildman–Crippen MR) is 170 cm³/mol. The van der Waals surface area contributed by atoms with E-state index in [0.29, 0.717) is 30.5 Å². The first kappa shape index (κ1) is 29.7. The molecule has 0 saturated carbocycles. The fourth-order valence-electron chi connectivity index (χ4n) is 5.88. The van der Waals surface area contributed by atoms with Gasteiger partial charge in [0.2, 0.25) is 0 Å². The maximum atomic E-state index is 14.0. The van der Waals surface area contributed by atoms with Crippen molar-refractivity contribution in [2.24, 2.45) is 10.7 Å². The molecule has 3 aromatic carbocycles. The van der Waals surface area contributed by atoms with Gasteiger partial charge < -0.3 is 24.7 Å². The van der Waals surface area contributed by atoms with Crippen molar-refractivity contribution >= 4 is 17.4 Å². The molecule has 9 nitrogen and oxygen atoms in total. The Hall–Kier alpha value is -4.38. The Balaban J connectivity index is 1.40. The summed E-state index contributed by atoms with van der Waals surface area (Å²) in [5.41, 5.74) is 12.8. The average Bonchev–Trinajstić information content (AvgIpc) is 3.47. The monoisotopic (exact) mass is 615 g/mol. The number of halogens is 2. The van der Waals surface area contributed by atoms with Crippen LogP contribution in [0.1, 0.15) is 29.5 Å². The van der Waals surface area contributed by atoms with Crippen molar-refractivity contribution in [3.05, 3.63) is 118 Å². The fourth-order valence-corrected chi connectivity index (χ4v) is 6.03. The summed E-state index contributed by atoms with van der Waals surface area (Å²) in [5.74, 6) is 0.542. The molecule has 0 amide bonds. The van der Waals surface area contributed by atoms with Gasteiger partial charge in [-0.15, -0.1) is 0 Å². The third kappa shape index (κ3) is 5.88. The van der Waals surface area contributed by atoms with E-state index in [2.05, 4.69) is 32.7 Å². The van der Waals surface area contributed by atoms with Crippen LogP contribution in [0.2, 0.25) is 5.15 Å². The van der Waals surface area contributed by atoms with E-state index < -0.39 is 5.79 Å². The van der Waals surface area contributed by atoms with Gasteiger partial charge in [0.25, 0.3) is 0 Å². The van der Waals surface area contributed by atoms with Crippen LogP contribution in [0.5, 0.6) is 11.5 Å². The number of amidine groups is 1. The molecular weight excluding hydrogens is 581 g/mol. The summed E-state index contributed by atoms with van der Waals surface area (Å²) >= 11 is 6.07. The van der Waals surface area contributed by atoms with Crippen molar-refractivity contribution < 1.29 is 13.9 Å². The van der Waals surface area contributed by atoms with Crippen molar-refractivity contribution in [1.82, 2.24) is 25.1 Å². The second-order valence-corrected chi connectivity index (χ2v) is 11.3. The molecule has 228 valence electrons. The highest BCUT2D eigenvalue weighted by Gasteiger charge is 2.42. The molecule has 4 N–H and O–H groups in total. The summed E-state index contributed by atoms with van der Waals surface area (Å²) in [5, 5.41) is 7.53. The summed E-state index contributed by atoms with van der Waals surface area (Å²) in [6.07, 6.45) is 3.34. The molecule has 0 bridgehead atoms. The highest BCUT2D eigenvalue weighted by molar-refractivity contribution is 6.29. The number of nitrogens with one attached hydrogen (secondary N) is 2. The van der Waals surface area contributed by atoms with Crippen molar-refractivity contribution in [3.63, 3.8) is 0 Å². The lowest BCUT2D eigenvalue weighted by Gasteiger charge is -2.47. The van der Waals surface area contributed by atoms with Gasteiger partial charge in [-0.2, -0.15) is 0 Å². The number of hydrogen-bond donors (Lipinski definition) is 3. The highest BCUT2D eigenvalue weighted by Crippen LogP contribution is 2.37. The van der Waals surface area contributed by atoms with Gasteiger partial charge in [-0.25, -0.2) is 9.37 Å². The zero-order valence-electron chi connectivity index (χ0n) is 24.8. The number of imidazole rings is 1. The summed E-state index contributed by atoms with van der Waals surface area (Å²) in [6.45, 7) is 4.64. The highest BCUT2D eigenvalue weighted by atomic mass is 35.5. The minimum Gasteiger partial charge on any atom is -0.497 e. The van der Waals surface area contributed by atoms with Crippen molar-refractivity contribution in [2.75, 3.05) is 33.9 Å². The van der Waals surface area contributed by atoms with Crippen LogP contribution in [0.3, 0.4) is 0 Å². The molecule has 0 fully saturated rings. The minimum absolute atomic E-state index is 0.112. The summed E-state index contributed by atoms with van der Waals surface area (Å²) in [4.78, 5) is 11.4. The lowest BCUT2D eigenvalue weighted by atomic mass is 9.85. The van der Waals surface area contributed by atoms with Gasteiger partial charge >= 0.3 is 0 Å². The van der Waals surface area contributed by atoms with Crippen LogP contribution in [0.15, 0.2) is 95.5 Å². The van der Waals surface area contributed by atoms with E-state index >= 15 is 0 Å². The Morgan fingerprint density at radius 2 is 1.84 bits per heavy atom. The van der Waals surface area contributed by atoms with Crippen LogP contribution in [0.25, 0.3) is 5.69 Å². The molecule has 0 aliphatic carbocycles. The summed E-state index contributed by atoms with van der Waals surface area (Å²) in [6, 6.07) is 20.5. The zero-order chi connectivity index (χ0) is 30.8. The molecule has 1 aromatic heterocycles. The molecule has 0 spiro atoms. The molecule has 2 unspecified atom stereocenters. The number of ether oxygens (including phenoxy) is 2. The van der Waals surface area contributed by atoms with Gasteiger partial charge in [-0.3, -0.25) is 15.6 Å². The van der Waals surface area contributed by atoms with Gasteiger partial charge in [-0.1, -0.05) is 41.9 Å². The number of rotatable bonds is 8. The number of nitrogens with two attached hydrogens (primary N) is 1. The number of aliphatic imine (C=N–C) groups is 1. The van der Waals surface area contributed by atoms with Crippen molar-refractivity contribution in [3.8, 4) is 17.2 Å². The second kappa shape index (κ2) is 12.3. The smallest absolute Gasteiger partial charge is 0.190 e. The largest absolute Gasteiger partial charge is 0.497 e. The number of nitrogens with zero attached hydrogens (tertiary/aromatic N) is 4. The maximum absolute atomic E-state index is 14.0. The van der Waals surface area contributed by atoms with Gasteiger partial charge in [0, 0.05) is 55.1 Å². The fraction of sp³-hybridized carbons (Fsp3) is 0.273. The Morgan fingerprint density at radius 1 is 1.07 bits per heavy atom. The first-order chi connectivity index (χ1) is 21.3. The Bertz CT molecular complexity index is 1700. The molecular formula is C33H35ClFN7O2. The number of aromatic nitrogens is 2. The predicted octanol–water partition coefficient (Wildman–Crippen LogP) is 4.92. The zero-order valence-corrected chi connectivity index (χ0v) is 25.6. The molecule has 11 heteroatoms. The topological polar surface area (TPSA) is 102 Å². The number of methoxy groups -OCH3 is 2. The molecule has 3 heterocycles. The number of benzene rings is 3. The average molecular weight is 616 g/mol. The van der Waals surface area contributed by atoms with E-state index in [1.807, 2.05) is 49.4 Å². The third-order valence-electron chi connectivity index (χ3n) is 8.05. The van der Waals surface area contributed by atoms with Crippen LogP contribution in [-0.4, -0.2) is 54.1 Å². The van der Waals surface area contributed by atoms with Crippen molar-refractivity contribution in [2.45, 2.75) is 25.2 Å². The molecule has 0 radical (unpaired) electrons. The Kier molecular flexibility index (Phi) is 8.31. The summed E-state index contributed by atoms with van der Waals surface area (Å²) in [7, 11) is 3.27. The van der Waals surface area contributed by atoms with Crippen molar-refractivity contribution in [1.29, 1.82) is 0 Å². The maximum Gasteiger partial charge on any atom is 0.190 e. The third-order valence-corrected chi connectivity index (χ3v) is 8.24. The van der Waals surface area contributed by atoms with Crippen LogP contribution >= 0.6 is 11.6 Å². The Morgan fingerprint density at radius 3 is 2.50 bits per heavy atom. The lowest BCUT2D eigenvalue weighted by molar-refractivity contribution is 0.234. The van der Waals surface area contributed by atoms with E-state index in [1.165, 1.54) is 12.1 Å². The van der Waals surface area contributed by atoms with Gasteiger partial charge in [0.05, 0.1) is 19.9 Å². The SMILES string of the molecule is CCN=C1NC(N)(c2ccc(-n3cnc(Cl)c3)c(OC)c2)NC2=C1CN(Cc1ccc(OC)cc1)CC2c1ccc(F)cc1. The van der Waals surface area contributed by atoms with E-state index in [0.717, 1.165) is 51.8 Å². The quantitative estimate of drug-likeness (QED) is 0.259. The molecule has 2 aliphatic heterocycles. The first-order valence-corrected chi connectivity index (χ1v) is 14.8. The first-order valence-electron chi connectivity index (χ1n) is 14.4. The molecule has 2 atom stereocenters. The van der Waals surface area contributed by atoms with E-state index in [1.54, 1.807) is 31.3 Å². The minimum atomic E-state index is -1.21. The molecule has 6 rings (SSSR count). The number of hydrogen-bond acceptors (Lipinski definition) is 7. The van der Waals surface area contributed by atoms with Crippen LogP contribution in [0.4, 0.5) is 4.39 Å². The standard InChI is InChI=1S/C33H35ClFN7O2/c1-4-37-32-27-18-41(16-21-5-12-25(43-2)13-6-21)17-26(22-7-10-24(35)11-8-22)31(27)39-33(36,40-32)23-9-14-28(29(15-23)44-3)42-19-30(34)38-20-42/h5-15,19-20,26,39H,4,16-18,36H2,1-3H3,(H,37,40). The lowest BCUT2D eigenvalue weighted by Crippen LogP contribution is -2.67. The summed E-state index contributed by atoms with van der Waals surface area (Å²) < 4.78 is 26.9. The molecule has 4 aromatic rings. The van der Waals surface area contributed by atoms with E-state index in [9.17, 15) is 4.39 Å². The van der Waals surface area contributed by atoms with Gasteiger partial charge in [-0.05, 0) is 54.4 Å². The van der Waals surface area contributed by atoms with Crippen LogP contribution in [0, 0.1) is 5.82 Å². The Labute approximate surface area is 261 Å². The van der Waals surface area contributed by atoms with Gasteiger partial charge in [0.15, 0.2) is 5.79 Å². The van der Waals surface area contributed by atoms with Crippen LogP contribution < -0.4 is 25.8 Å². The van der Waals surface area contributed by atoms with Gasteiger partial charge in [0.1, 0.15) is 34.6 Å². The van der Waals surface area contributed by atoms with E-state index in [-0.39, 0.29) is 11.7 Å². The molecule has 0 saturated heterocycles. The second-order valence-electron chi connectivity index (χ2n) is 10.9. The molecule has 2 aliphatic rings. The van der Waals surface area contributed by atoms with Crippen LogP contribution in [-0.2, 0) is 12.3 Å².